The molecule has 0 bridgehead atoms. The van der Waals surface area contributed by atoms with E-state index in [0.717, 1.165) is 30.8 Å². The van der Waals surface area contributed by atoms with Gasteiger partial charge in [-0.25, -0.2) is 9.97 Å². The van der Waals surface area contributed by atoms with Crippen molar-refractivity contribution in [2.75, 3.05) is 6.61 Å². The third-order valence-corrected chi connectivity index (χ3v) is 4.46. The summed E-state index contributed by atoms with van der Waals surface area (Å²) >= 11 is 0. The number of benzene rings is 1. The van der Waals surface area contributed by atoms with Crippen LogP contribution >= 0.6 is 0 Å². The Morgan fingerprint density at radius 3 is 2.15 bits per heavy atom. The normalized spacial score (nSPS) is 10.3. The summed E-state index contributed by atoms with van der Waals surface area (Å²) in [6.45, 7) is 5.21. The molecular formula is C24H32N2O. The average molecular weight is 365 g/mol. The summed E-state index contributed by atoms with van der Waals surface area (Å²) < 4.78 is 5.72. The summed E-state index contributed by atoms with van der Waals surface area (Å²) in [5.41, 5.74) is 2.14. The molecule has 0 radical (unpaired) electrons. The van der Waals surface area contributed by atoms with Gasteiger partial charge in [-0.2, -0.15) is 0 Å². The van der Waals surface area contributed by atoms with Gasteiger partial charge in [-0.3, -0.25) is 0 Å². The van der Waals surface area contributed by atoms with E-state index in [1.165, 1.54) is 50.5 Å². The standard InChI is InChI=1S/C24H32N2O/c1-3-5-7-8-9-11-22-19-25-24(26-20-22)17-14-21-12-15-23(16-13-21)27-18-10-6-4-2/h12-13,15-16,19-20H,3-11,18H2,1-2H3. The zero-order valence-corrected chi connectivity index (χ0v) is 16.8. The largest absolute Gasteiger partial charge is 0.494 e. The number of hydrogen-bond donors (Lipinski definition) is 0. The van der Waals surface area contributed by atoms with Gasteiger partial charge in [0.2, 0.25) is 5.82 Å². The first kappa shape index (κ1) is 21.0. The van der Waals surface area contributed by atoms with E-state index >= 15 is 0 Å². The van der Waals surface area contributed by atoms with E-state index in [-0.39, 0.29) is 0 Å². The van der Waals surface area contributed by atoms with Crippen LogP contribution in [0, 0.1) is 11.8 Å². The van der Waals surface area contributed by atoms with Gasteiger partial charge in [-0.05, 0) is 55.0 Å². The van der Waals surface area contributed by atoms with Gasteiger partial charge in [0.15, 0.2) is 0 Å². The second-order valence-electron chi connectivity index (χ2n) is 6.91. The molecule has 3 heteroatoms. The maximum Gasteiger partial charge on any atom is 0.205 e. The van der Waals surface area contributed by atoms with Crippen molar-refractivity contribution in [3.05, 3.63) is 53.6 Å². The molecule has 0 aliphatic rings. The quantitative estimate of drug-likeness (QED) is 0.364. The third kappa shape index (κ3) is 8.73. The van der Waals surface area contributed by atoms with Crippen molar-refractivity contribution in [2.45, 2.75) is 71.6 Å². The molecule has 2 aromatic rings. The smallest absolute Gasteiger partial charge is 0.205 e. The van der Waals surface area contributed by atoms with Gasteiger partial charge < -0.3 is 4.74 Å². The maximum atomic E-state index is 5.72. The summed E-state index contributed by atoms with van der Waals surface area (Å²) in [5.74, 6) is 7.63. The van der Waals surface area contributed by atoms with E-state index in [1.54, 1.807) is 0 Å². The van der Waals surface area contributed by atoms with Gasteiger partial charge in [0.05, 0.1) is 6.61 Å². The summed E-state index contributed by atoms with van der Waals surface area (Å²) in [7, 11) is 0. The molecular weight excluding hydrogens is 332 g/mol. The first-order valence-corrected chi connectivity index (χ1v) is 10.4. The van der Waals surface area contributed by atoms with E-state index in [4.69, 9.17) is 4.74 Å². The SMILES string of the molecule is CCCCCCCc1cnc(C#Cc2ccc(OCCCCC)cc2)nc1. The van der Waals surface area contributed by atoms with Gasteiger partial charge >= 0.3 is 0 Å². The van der Waals surface area contributed by atoms with Crippen molar-refractivity contribution >= 4 is 0 Å². The minimum absolute atomic E-state index is 0.574. The average Bonchev–Trinajstić information content (AvgIpc) is 2.71. The second kappa shape index (κ2) is 12.9. The molecule has 1 aromatic heterocycles. The summed E-state index contributed by atoms with van der Waals surface area (Å²) in [6, 6.07) is 7.90. The highest BCUT2D eigenvalue weighted by Gasteiger charge is 1.97. The van der Waals surface area contributed by atoms with Crippen molar-refractivity contribution in [3.63, 3.8) is 0 Å². The fourth-order valence-electron chi connectivity index (χ4n) is 2.79. The number of nitrogens with zero attached hydrogens (tertiary/aromatic N) is 2. The predicted molar refractivity (Wildman–Crippen MR) is 112 cm³/mol. The molecule has 1 aromatic carbocycles. The van der Waals surface area contributed by atoms with Crippen LogP contribution in [0.4, 0.5) is 0 Å². The molecule has 1 heterocycles. The first-order valence-electron chi connectivity index (χ1n) is 10.4. The zero-order valence-electron chi connectivity index (χ0n) is 16.8. The summed E-state index contributed by atoms with van der Waals surface area (Å²) in [5, 5.41) is 0. The van der Waals surface area contributed by atoms with Crippen molar-refractivity contribution in [2.24, 2.45) is 0 Å². The number of hydrogen-bond acceptors (Lipinski definition) is 3. The van der Waals surface area contributed by atoms with Crippen LogP contribution in [-0.2, 0) is 6.42 Å². The van der Waals surface area contributed by atoms with Crippen LogP contribution in [0.1, 0.15) is 82.2 Å². The van der Waals surface area contributed by atoms with Crippen LogP contribution in [0.15, 0.2) is 36.7 Å². The lowest BCUT2D eigenvalue weighted by molar-refractivity contribution is 0.306. The molecule has 0 spiro atoms. The number of aromatic nitrogens is 2. The maximum absolute atomic E-state index is 5.72. The van der Waals surface area contributed by atoms with Crippen LogP contribution in [0.25, 0.3) is 0 Å². The van der Waals surface area contributed by atoms with Crippen molar-refractivity contribution in [1.29, 1.82) is 0 Å². The van der Waals surface area contributed by atoms with Crippen molar-refractivity contribution < 1.29 is 4.74 Å². The Labute approximate surface area is 164 Å². The molecule has 144 valence electrons. The summed E-state index contributed by atoms with van der Waals surface area (Å²) in [6.07, 6.45) is 14.8. The molecule has 27 heavy (non-hydrogen) atoms. The van der Waals surface area contributed by atoms with E-state index in [9.17, 15) is 0 Å². The highest BCUT2D eigenvalue weighted by molar-refractivity contribution is 5.40. The lowest BCUT2D eigenvalue weighted by Crippen LogP contribution is -1.96. The van der Waals surface area contributed by atoms with Gasteiger partial charge in [0, 0.05) is 18.0 Å². The van der Waals surface area contributed by atoms with Gasteiger partial charge in [-0.1, -0.05) is 58.3 Å². The Morgan fingerprint density at radius 2 is 1.44 bits per heavy atom. The van der Waals surface area contributed by atoms with E-state index < -0.39 is 0 Å². The molecule has 0 N–H and O–H groups in total. The van der Waals surface area contributed by atoms with Crippen molar-refractivity contribution in [1.82, 2.24) is 9.97 Å². The fourth-order valence-corrected chi connectivity index (χ4v) is 2.79. The van der Waals surface area contributed by atoms with Crippen LogP contribution < -0.4 is 4.74 Å². The first-order chi connectivity index (χ1) is 13.3. The molecule has 3 nitrogen and oxygen atoms in total. The third-order valence-electron chi connectivity index (χ3n) is 4.46. The van der Waals surface area contributed by atoms with Gasteiger partial charge in [-0.15, -0.1) is 0 Å². The minimum atomic E-state index is 0.574. The molecule has 0 aliphatic heterocycles. The monoisotopic (exact) mass is 364 g/mol. The lowest BCUT2D eigenvalue weighted by Gasteiger charge is -2.05. The lowest BCUT2D eigenvalue weighted by atomic mass is 10.1. The highest BCUT2D eigenvalue weighted by Crippen LogP contribution is 2.12. The van der Waals surface area contributed by atoms with Crippen LogP contribution in [0.2, 0.25) is 0 Å². The molecule has 0 fully saturated rings. The number of aryl methyl sites for hydroxylation is 1. The second-order valence-corrected chi connectivity index (χ2v) is 6.91. The van der Waals surface area contributed by atoms with E-state index in [0.29, 0.717) is 5.82 Å². The Hall–Kier alpha value is -2.34. The van der Waals surface area contributed by atoms with E-state index in [1.807, 2.05) is 36.7 Å². The zero-order chi connectivity index (χ0) is 19.2. The molecule has 0 atom stereocenters. The van der Waals surface area contributed by atoms with E-state index in [2.05, 4.69) is 35.7 Å². The summed E-state index contributed by atoms with van der Waals surface area (Å²) in [4.78, 5) is 8.75. The Bertz CT molecular complexity index is 696. The number of unbranched alkanes of at least 4 members (excludes halogenated alkanes) is 6. The topological polar surface area (TPSA) is 35.0 Å². The Balaban J connectivity index is 1.79. The number of ether oxygens (including phenoxy) is 1. The van der Waals surface area contributed by atoms with Gasteiger partial charge in [0.25, 0.3) is 0 Å². The fraction of sp³-hybridized carbons (Fsp3) is 0.500. The molecule has 0 amide bonds. The Morgan fingerprint density at radius 1 is 0.778 bits per heavy atom. The molecule has 2 rings (SSSR count). The Kier molecular flexibility index (Phi) is 10.0. The molecule has 0 saturated carbocycles. The molecule has 0 saturated heterocycles. The van der Waals surface area contributed by atoms with Crippen LogP contribution in [0.5, 0.6) is 5.75 Å². The molecule has 0 aliphatic carbocycles. The van der Waals surface area contributed by atoms with Crippen LogP contribution in [0.3, 0.4) is 0 Å². The van der Waals surface area contributed by atoms with Crippen LogP contribution in [-0.4, -0.2) is 16.6 Å². The number of rotatable bonds is 11. The minimum Gasteiger partial charge on any atom is -0.494 e. The highest BCUT2D eigenvalue weighted by atomic mass is 16.5. The van der Waals surface area contributed by atoms with Crippen molar-refractivity contribution in [3.8, 4) is 17.6 Å². The molecule has 0 unspecified atom stereocenters. The predicted octanol–water partition coefficient (Wildman–Crippen LogP) is 5.96. The van der Waals surface area contributed by atoms with Gasteiger partial charge in [0.1, 0.15) is 5.75 Å².